The normalized spacial score (nSPS) is 10.4. The second kappa shape index (κ2) is 5.51. The molecular formula is C13H13FN2O3. The van der Waals surface area contributed by atoms with Crippen molar-refractivity contribution < 1.29 is 13.9 Å². The Balaban J connectivity index is 2.25. The van der Waals surface area contributed by atoms with Crippen LogP contribution in [0.3, 0.4) is 0 Å². The molecule has 0 fully saturated rings. The van der Waals surface area contributed by atoms with E-state index in [1.807, 2.05) is 0 Å². The van der Waals surface area contributed by atoms with Gasteiger partial charge in [-0.15, -0.1) is 0 Å². The number of aromatic amines is 1. The van der Waals surface area contributed by atoms with E-state index < -0.39 is 17.3 Å². The van der Waals surface area contributed by atoms with Gasteiger partial charge in [-0.2, -0.15) is 0 Å². The van der Waals surface area contributed by atoms with E-state index in [0.29, 0.717) is 5.56 Å². The molecule has 1 aromatic carbocycles. The molecule has 2 aromatic rings. The topological polar surface area (TPSA) is 64.1 Å². The van der Waals surface area contributed by atoms with Gasteiger partial charge >= 0.3 is 5.97 Å². The van der Waals surface area contributed by atoms with Crippen molar-refractivity contribution in [2.45, 2.75) is 13.5 Å². The van der Waals surface area contributed by atoms with Gasteiger partial charge in [0.05, 0.1) is 13.2 Å². The minimum absolute atomic E-state index is 0.0327. The molecule has 0 aliphatic carbocycles. The Morgan fingerprint density at radius 1 is 1.42 bits per heavy atom. The zero-order valence-electron chi connectivity index (χ0n) is 10.4. The third kappa shape index (κ3) is 2.90. The standard InChI is InChI=1S/C13H13FN2O3/c1-2-19-13(18)11-7-12(17)16(15-11)8-9-5-3-4-6-10(9)14/h3-7,15H,2,8H2,1H3. The summed E-state index contributed by atoms with van der Waals surface area (Å²) in [5.74, 6) is -1.01. The molecule has 100 valence electrons. The fourth-order valence-electron chi connectivity index (χ4n) is 1.66. The van der Waals surface area contributed by atoms with E-state index in [0.717, 1.165) is 10.7 Å². The molecular weight excluding hydrogens is 251 g/mol. The van der Waals surface area contributed by atoms with Crippen LogP contribution in [0.1, 0.15) is 23.0 Å². The van der Waals surface area contributed by atoms with Crippen molar-refractivity contribution in [2.75, 3.05) is 6.61 Å². The summed E-state index contributed by atoms with van der Waals surface area (Å²) in [5, 5.41) is 2.60. The van der Waals surface area contributed by atoms with E-state index in [2.05, 4.69) is 5.10 Å². The summed E-state index contributed by atoms with van der Waals surface area (Å²) in [5.41, 5.74) is 0.0105. The van der Waals surface area contributed by atoms with Crippen molar-refractivity contribution >= 4 is 5.97 Å². The molecule has 1 N–H and O–H groups in total. The van der Waals surface area contributed by atoms with Gasteiger partial charge < -0.3 is 4.74 Å². The van der Waals surface area contributed by atoms with Gasteiger partial charge in [-0.05, 0) is 13.0 Å². The molecule has 0 amide bonds. The lowest BCUT2D eigenvalue weighted by molar-refractivity contribution is 0.0518. The number of benzene rings is 1. The van der Waals surface area contributed by atoms with Crippen LogP contribution in [0.15, 0.2) is 35.1 Å². The van der Waals surface area contributed by atoms with Crippen molar-refractivity contribution in [3.8, 4) is 0 Å². The fraction of sp³-hybridized carbons (Fsp3) is 0.231. The second-order valence-electron chi connectivity index (χ2n) is 3.91. The van der Waals surface area contributed by atoms with Gasteiger partial charge in [0.2, 0.25) is 0 Å². The number of ether oxygens (including phenoxy) is 1. The number of hydrogen-bond acceptors (Lipinski definition) is 3. The van der Waals surface area contributed by atoms with Crippen molar-refractivity contribution in [2.24, 2.45) is 0 Å². The van der Waals surface area contributed by atoms with Gasteiger partial charge in [-0.3, -0.25) is 9.89 Å². The molecule has 0 aliphatic heterocycles. The van der Waals surface area contributed by atoms with Crippen LogP contribution in [0.2, 0.25) is 0 Å². The number of nitrogens with zero attached hydrogens (tertiary/aromatic N) is 1. The van der Waals surface area contributed by atoms with Crippen LogP contribution >= 0.6 is 0 Å². The Labute approximate surface area is 108 Å². The molecule has 0 bridgehead atoms. The highest BCUT2D eigenvalue weighted by atomic mass is 19.1. The average Bonchev–Trinajstić information content (AvgIpc) is 2.74. The van der Waals surface area contributed by atoms with Gasteiger partial charge in [-0.25, -0.2) is 13.9 Å². The molecule has 0 saturated heterocycles. The van der Waals surface area contributed by atoms with Gasteiger partial charge in [0, 0.05) is 11.6 Å². The highest BCUT2D eigenvalue weighted by Crippen LogP contribution is 2.07. The average molecular weight is 264 g/mol. The number of aromatic nitrogens is 2. The van der Waals surface area contributed by atoms with E-state index >= 15 is 0 Å². The van der Waals surface area contributed by atoms with E-state index in [4.69, 9.17) is 4.74 Å². The molecule has 0 spiro atoms. The first kappa shape index (κ1) is 13.1. The predicted molar refractivity (Wildman–Crippen MR) is 66.5 cm³/mol. The number of hydrogen-bond donors (Lipinski definition) is 1. The van der Waals surface area contributed by atoms with Crippen LogP contribution in [-0.4, -0.2) is 22.4 Å². The molecule has 1 aromatic heterocycles. The summed E-state index contributed by atoms with van der Waals surface area (Å²) >= 11 is 0. The maximum absolute atomic E-state index is 13.5. The summed E-state index contributed by atoms with van der Waals surface area (Å²) in [7, 11) is 0. The smallest absolute Gasteiger partial charge is 0.356 e. The molecule has 2 rings (SSSR count). The Morgan fingerprint density at radius 2 is 2.16 bits per heavy atom. The third-order valence-corrected chi connectivity index (χ3v) is 2.57. The largest absolute Gasteiger partial charge is 0.461 e. The first-order valence-electron chi connectivity index (χ1n) is 5.82. The lowest BCUT2D eigenvalue weighted by Gasteiger charge is -2.03. The number of H-pyrrole nitrogens is 1. The van der Waals surface area contributed by atoms with Crippen molar-refractivity contribution in [3.05, 3.63) is 57.8 Å². The van der Waals surface area contributed by atoms with Gasteiger partial charge in [0.1, 0.15) is 11.5 Å². The van der Waals surface area contributed by atoms with Crippen LogP contribution in [-0.2, 0) is 11.3 Å². The van der Waals surface area contributed by atoms with Gasteiger partial charge in [0.15, 0.2) is 0 Å². The number of carbonyl (C=O) groups is 1. The lowest BCUT2D eigenvalue weighted by atomic mass is 10.2. The first-order chi connectivity index (χ1) is 9.11. The summed E-state index contributed by atoms with van der Waals surface area (Å²) < 4.78 is 19.4. The van der Waals surface area contributed by atoms with Crippen molar-refractivity contribution in [1.29, 1.82) is 0 Å². The molecule has 1 heterocycles. The van der Waals surface area contributed by atoms with Crippen molar-refractivity contribution in [3.63, 3.8) is 0 Å². The lowest BCUT2D eigenvalue weighted by Crippen LogP contribution is -2.17. The van der Waals surface area contributed by atoms with Crippen molar-refractivity contribution in [1.82, 2.24) is 9.78 Å². The van der Waals surface area contributed by atoms with E-state index in [9.17, 15) is 14.0 Å². The minimum atomic E-state index is -0.605. The zero-order chi connectivity index (χ0) is 13.8. The quantitative estimate of drug-likeness (QED) is 0.852. The summed E-state index contributed by atoms with van der Waals surface area (Å²) in [4.78, 5) is 23.1. The molecule has 0 aliphatic rings. The molecule has 0 radical (unpaired) electrons. The Morgan fingerprint density at radius 3 is 2.84 bits per heavy atom. The van der Waals surface area contributed by atoms with E-state index in [-0.39, 0.29) is 18.8 Å². The molecule has 5 nitrogen and oxygen atoms in total. The molecule has 19 heavy (non-hydrogen) atoms. The third-order valence-electron chi connectivity index (χ3n) is 2.57. The SMILES string of the molecule is CCOC(=O)c1cc(=O)n(Cc2ccccc2F)[nH]1. The molecule has 0 saturated carbocycles. The van der Waals surface area contributed by atoms with Crippen LogP contribution < -0.4 is 5.56 Å². The molecule has 0 atom stereocenters. The molecule has 0 unspecified atom stereocenters. The highest BCUT2D eigenvalue weighted by Gasteiger charge is 2.12. The monoisotopic (exact) mass is 264 g/mol. The second-order valence-corrected chi connectivity index (χ2v) is 3.91. The number of carbonyl (C=O) groups excluding carboxylic acids is 1. The Kier molecular flexibility index (Phi) is 3.79. The number of rotatable bonds is 4. The summed E-state index contributed by atoms with van der Waals surface area (Å²) in [6.45, 7) is 1.93. The number of esters is 1. The Bertz CT molecular complexity index is 645. The summed E-state index contributed by atoms with van der Waals surface area (Å²) in [6, 6.07) is 7.28. The van der Waals surface area contributed by atoms with Crippen LogP contribution in [0.5, 0.6) is 0 Å². The maximum Gasteiger partial charge on any atom is 0.356 e. The summed E-state index contributed by atoms with van der Waals surface area (Å²) in [6.07, 6.45) is 0. The van der Waals surface area contributed by atoms with Crippen LogP contribution in [0, 0.1) is 5.82 Å². The fourth-order valence-corrected chi connectivity index (χ4v) is 1.66. The van der Waals surface area contributed by atoms with Crippen LogP contribution in [0.4, 0.5) is 4.39 Å². The Hall–Kier alpha value is -2.37. The predicted octanol–water partition coefficient (Wildman–Crippen LogP) is 1.54. The zero-order valence-corrected chi connectivity index (χ0v) is 10.4. The maximum atomic E-state index is 13.5. The van der Waals surface area contributed by atoms with Gasteiger partial charge in [0.25, 0.3) is 5.56 Å². The number of halogens is 1. The van der Waals surface area contributed by atoms with Crippen LogP contribution in [0.25, 0.3) is 0 Å². The highest BCUT2D eigenvalue weighted by molar-refractivity contribution is 5.86. The number of nitrogens with one attached hydrogen (secondary N) is 1. The first-order valence-corrected chi connectivity index (χ1v) is 5.82. The van der Waals surface area contributed by atoms with E-state index in [1.54, 1.807) is 25.1 Å². The van der Waals surface area contributed by atoms with E-state index in [1.165, 1.54) is 6.07 Å². The minimum Gasteiger partial charge on any atom is -0.461 e. The van der Waals surface area contributed by atoms with Gasteiger partial charge in [-0.1, -0.05) is 18.2 Å². The molecule has 6 heteroatoms.